The van der Waals surface area contributed by atoms with E-state index in [1.807, 2.05) is 49.1 Å². The largest absolute Gasteiger partial charge is 0.335 e. The topological polar surface area (TPSA) is 104 Å². The lowest BCUT2D eigenvalue weighted by Crippen LogP contribution is -2.32. The standard InChI is InChI=1S/C22H16N8/c1-3-13(8-23-5-1)15-7-16-20(29-30-21(16)26-10-15)22-27-18-12-25-11-17(19(18)28-22)14-4-2-6-24-9-14/h1-12,21,29-30H,(H,27,28). The molecule has 0 radical (unpaired) electrons. The molecule has 6 heterocycles. The van der Waals surface area contributed by atoms with Gasteiger partial charge in [0.15, 0.2) is 5.82 Å². The molecule has 2 aliphatic heterocycles. The summed E-state index contributed by atoms with van der Waals surface area (Å²) in [5.74, 6) is 0.729. The number of fused-ring (bicyclic) bond motifs is 2. The third-order valence-corrected chi connectivity index (χ3v) is 5.19. The van der Waals surface area contributed by atoms with Crippen LogP contribution in [0.25, 0.3) is 33.4 Å². The van der Waals surface area contributed by atoms with Crippen LogP contribution in [0.15, 0.2) is 78.1 Å². The molecule has 0 aromatic carbocycles. The van der Waals surface area contributed by atoms with E-state index in [1.54, 1.807) is 18.6 Å². The van der Waals surface area contributed by atoms with Gasteiger partial charge in [-0.2, -0.15) is 0 Å². The summed E-state index contributed by atoms with van der Waals surface area (Å²) in [6, 6.07) is 7.85. The smallest absolute Gasteiger partial charge is 0.156 e. The molecule has 4 aromatic rings. The second kappa shape index (κ2) is 6.71. The zero-order valence-corrected chi connectivity index (χ0v) is 15.7. The number of aliphatic imine (C=N–C) groups is 1. The van der Waals surface area contributed by atoms with Crippen molar-refractivity contribution in [2.45, 2.75) is 6.17 Å². The van der Waals surface area contributed by atoms with Gasteiger partial charge in [0, 0.05) is 65.0 Å². The van der Waals surface area contributed by atoms with E-state index in [1.165, 1.54) is 0 Å². The molecule has 0 aliphatic carbocycles. The fourth-order valence-electron chi connectivity index (χ4n) is 3.73. The molecule has 6 rings (SSSR count). The van der Waals surface area contributed by atoms with Crippen molar-refractivity contribution in [3.05, 3.63) is 84.5 Å². The lowest BCUT2D eigenvalue weighted by Gasteiger charge is -2.13. The first-order valence-electron chi connectivity index (χ1n) is 9.52. The molecule has 0 fully saturated rings. The number of hydrogen-bond acceptors (Lipinski definition) is 7. The molecule has 8 nitrogen and oxygen atoms in total. The van der Waals surface area contributed by atoms with E-state index in [2.05, 4.69) is 41.9 Å². The molecule has 8 heteroatoms. The van der Waals surface area contributed by atoms with Gasteiger partial charge in [0.1, 0.15) is 11.7 Å². The highest BCUT2D eigenvalue weighted by Crippen LogP contribution is 2.31. The number of dihydropyridines is 1. The molecule has 0 bridgehead atoms. The number of imidazole rings is 1. The van der Waals surface area contributed by atoms with Crippen molar-refractivity contribution in [2.75, 3.05) is 0 Å². The molecule has 1 unspecified atom stereocenters. The molecule has 0 spiro atoms. The summed E-state index contributed by atoms with van der Waals surface area (Å²) in [4.78, 5) is 25.7. The average molecular weight is 392 g/mol. The third kappa shape index (κ3) is 2.70. The number of nitrogens with zero attached hydrogens (tertiary/aromatic N) is 5. The summed E-state index contributed by atoms with van der Waals surface area (Å²) in [6.45, 7) is 0. The molecule has 0 amide bonds. The van der Waals surface area contributed by atoms with Gasteiger partial charge >= 0.3 is 0 Å². The molecule has 1 atom stereocenters. The maximum absolute atomic E-state index is 4.88. The number of hydrogen-bond donors (Lipinski definition) is 3. The van der Waals surface area contributed by atoms with Crippen LogP contribution in [0.2, 0.25) is 0 Å². The van der Waals surface area contributed by atoms with Gasteiger partial charge in [0.05, 0.1) is 17.4 Å². The zero-order chi connectivity index (χ0) is 19.9. The van der Waals surface area contributed by atoms with Crippen LogP contribution in [-0.2, 0) is 0 Å². The summed E-state index contributed by atoms with van der Waals surface area (Å²) in [6.07, 6.45) is 14.6. The van der Waals surface area contributed by atoms with Crippen molar-refractivity contribution in [1.29, 1.82) is 0 Å². The fourth-order valence-corrected chi connectivity index (χ4v) is 3.73. The minimum absolute atomic E-state index is 0.162. The Morgan fingerprint density at radius 3 is 2.50 bits per heavy atom. The summed E-state index contributed by atoms with van der Waals surface area (Å²) < 4.78 is 0. The lowest BCUT2D eigenvalue weighted by molar-refractivity contribution is 0.600. The van der Waals surface area contributed by atoms with Crippen molar-refractivity contribution in [3.8, 4) is 11.1 Å². The van der Waals surface area contributed by atoms with Crippen LogP contribution in [0.1, 0.15) is 11.4 Å². The van der Waals surface area contributed by atoms with Gasteiger partial charge in [-0.05, 0) is 18.2 Å². The highest BCUT2D eigenvalue weighted by atomic mass is 15.4. The Balaban J connectivity index is 1.48. The van der Waals surface area contributed by atoms with Gasteiger partial charge in [0.25, 0.3) is 0 Å². The van der Waals surface area contributed by atoms with Crippen molar-refractivity contribution in [1.82, 2.24) is 35.8 Å². The highest BCUT2D eigenvalue weighted by Gasteiger charge is 2.28. The highest BCUT2D eigenvalue weighted by molar-refractivity contribution is 6.12. The van der Waals surface area contributed by atoms with E-state index < -0.39 is 0 Å². The van der Waals surface area contributed by atoms with Crippen LogP contribution in [0.5, 0.6) is 0 Å². The van der Waals surface area contributed by atoms with Crippen LogP contribution in [-0.4, -0.2) is 37.3 Å². The molecular weight excluding hydrogens is 376 g/mol. The Hall–Kier alpha value is -4.17. The van der Waals surface area contributed by atoms with E-state index in [0.29, 0.717) is 0 Å². The number of pyridine rings is 3. The van der Waals surface area contributed by atoms with Gasteiger partial charge in [-0.3, -0.25) is 19.9 Å². The van der Waals surface area contributed by atoms with Gasteiger partial charge in [-0.25, -0.2) is 10.4 Å². The molecule has 0 saturated heterocycles. The Morgan fingerprint density at radius 1 is 0.867 bits per heavy atom. The maximum Gasteiger partial charge on any atom is 0.156 e. The first kappa shape index (κ1) is 16.8. The Morgan fingerprint density at radius 2 is 1.70 bits per heavy atom. The second-order valence-electron chi connectivity index (χ2n) is 7.03. The number of aromatic amines is 1. The van der Waals surface area contributed by atoms with Crippen molar-refractivity contribution < 1.29 is 0 Å². The van der Waals surface area contributed by atoms with Gasteiger partial charge < -0.3 is 10.4 Å². The van der Waals surface area contributed by atoms with Crippen molar-refractivity contribution >= 4 is 28.5 Å². The Bertz CT molecular complexity index is 1340. The van der Waals surface area contributed by atoms with E-state index in [-0.39, 0.29) is 6.17 Å². The second-order valence-corrected chi connectivity index (χ2v) is 7.03. The van der Waals surface area contributed by atoms with E-state index in [9.17, 15) is 0 Å². The SMILES string of the molecule is C1=NC2NNC(c3nc4c(-c5cccnc5)cncc4[nH]3)=C2C=C1c1cccnc1. The maximum atomic E-state index is 4.88. The molecule has 144 valence electrons. The predicted octanol–water partition coefficient (Wildman–Crippen LogP) is 2.73. The van der Waals surface area contributed by atoms with Crippen molar-refractivity contribution in [2.24, 2.45) is 4.99 Å². The van der Waals surface area contributed by atoms with Crippen LogP contribution >= 0.6 is 0 Å². The number of hydrazine groups is 1. The minimum atomic E-state index is -0.162. The zero-order valence-electron chi connectivity index (χ0n) is 15.7. The fraction of sp³-hybridized carbons (Fsp3) is 0.0455. The minimum Gasteiger partial charge on any atom is -0.335 e. The van der Waals surface area contributed by atoms with Crippen LogP contribution in [0.4, 0.5) is 0 Å². The van der Waals surface area contributed by atoms with Gasteiger partial charge in [0.2, 0.25) is 0 Å². The van der Waals surface area contributed by atoms with E-state index >= 15 is 0 Å². The summed E-state index contributed by atoms with van der Waals surface area (Å²) in [5.41, 5.74) is 14.0. The first-order chi connectivity index (χ1) is 14.9. The summed E-state index contributed by atoms with van der Waals surface area (Å²) in [7, 11) is 0. The third-order valence-electron chi connectivity index (χ3n) is 5.19. The molecule has 3 N–H and O–H groups in total. The van der Waals surface area contributed by atoms with Crippen LogP contribution in [0.3, 0.4) is 0 Å². The molecular formula is C22H16N8. The van der Waals surface area contributed by atoms with Gasteiger partial charge in [-0.1, -0.05) is 12.1 Å². The lowest BCUT2D eigenvalue weighted by atomic mass is 10.0. The van der Waals surface area contributed by atoms with Crippen molar-refractivity contribution in [3.63, 3.8) is 0 Å². The average Bonchev–Trinajstić information content (AvgIpc) is 3.43. The molecule has 2 aliphatic rings. The number of allylic oxidation sites excluding steroid dienone is 1. The first-order valence-corrected chi connectivity index (χ1v) is 9.52. The molecule has 0 saturated carbocycles. The normalized spacial score (nSPS) is 17.7. The molecule has 4 aromatic heterocycles. The summed E-state index contributed by atoms with van der Waals surface area (Å²) >= 11 is 0. The Kier molecular flexibility index (Phi) is 3.75. The summed E-state index contributed by atoms with van der Waals surface area (Å²) in [5, 5.41) is 0. The van der Waals surface area contributed by atoms with E-state index in [0.717, 1.165) is 50.4 Å². The quantitative estimate of drug-likeness (QED) is 0.495. The Labute approximate surface area is 171 Å². The monoisotopic (exact) mass is 392 g/mol. The van der Waals surface area contributed by atoms with Crippen LogP contribution < -0.4 is 10.9 Å². The van der Waals surface area contributed by atoms with E-state index in [4.69, 9.17) is 4.98 Å². The molecule has 30 heavy (non-hydrogen) atoms. The number of rotatable bonds is 3. The van der Waals surface area contributed by atoms with Gasteiger partial charge in [-0.15, -0.1) is 0 Å². The predicted molar refractivity (Wildman–Crippen MR) is 115 cm³/mol. The number of nitrogens with one attached hydrogen (secondary N) is 3. The number of aromatic nitrogens is 5. The number of H-pyrrole nitrogens is 1. The van der Waals surface area contributed by atoms with Crippen LogP contribution in [0, 0.1) is 0 Å².